The van der Waals surface area contributed by atoms with E-state index >= 15 is 0 Å². The maximum atomic E-state index is 13.9. The number of carbonyl (C=O) groups excluding carboxylic acids is 3. The Morgan fingerprint density at radius 1 is 0.651 bits per heavy atom. The van der Waals surface area contributed by atoms with Gasteiger partial charge in [0.1, 0.15) is 23.7 Å². The van der Waals surface area contributed by atoms with E-state index in [-0.39, 0.29) is 47.8 Å². The number of rotatable bonds is 12. The molecule has 5 heterocycles. The molecule has 15 heteroatoms. The molecule has 3 aromatic carbocycles. The molecule has 332 valence electrons. The number of carbonyl (C=O) groups is 4. The monoisotopic (exact) mass is 857 g/mol. The van der Waals surface area contributed by atoms with E-state index in [1.807, 2.05) is 32.6 Å². The second-order valence-corrected chi connectivity index (χ2v) is 18.6. The Hall–Kier alpha value is -6.12. The number of hydrogen-bond donors (Lipinski definition) is 5. The first kappa shape index (κ1) is 42.2. The molecule has 5 N–H and O–H groups in total. The Morgan fingerprint density at radius 3 is 1.57 bits per heavy atom. The summed E-state index contributed by atoms with van der Waals surface area (Å²) in [5, 5.41) is 14.6. The van der Waals surface area contributed by atoms with Gasteiger partial charge < -0.3 is 45.1 Å². The smallest absolute Gasteiger partial charge is 0.407 e. The summed E-state index contributed by atoms with van der Waals surface area (Å²) < 4.78 is 4.83. The van der Waals surface area contributed by atoms with Gasteiger partial charge in [-0.1, -0.05) is 52.0 Å². The number of alkyl carbamates (subject to hydrolysis) is 1. The van der Waals surface area contributed by atoms with E-state index in [1.165, 1.54) is 36.6 Å². The first-order valence-electron chi connectivity index (χ1n) is 22.7. The molecule has 4 aliphatic rings. The number of anilines is 1. The van der Waals surface area contributed by atoms with Crippen molar-refractivity contribution in [1.29, 1.82) is 0 Å². The van der Waals surface area contributed by atoms with Crippen LogP contribution < -0.4 is 15.5 Å². The summed E-state index contributed by atoms with van der Waals surface area (Å²) in [6.07, 6.45) is 5.70. The number of carboxylic acid groups (broad SMARTS) is 1. The molecule has 0 bridgehead atoms. The van der Waals surface area contributed by atoms with Crippen LogP contribution in [0.4, 0.5) is 15.3 Å². The Bertz CT molecular complexity index is 2510. The largest absolute Gasteiger partial charge is 0.465 e. The number of aromatic amines is 2. The molecule has 63 heavy (non-hydrogen) atoms. The van der Waals surface area contributed by atoms with Crippen molar-refractivity contribution in [3.05, 3.63) is 89.0 Å². The van der Waals surface area contributed by atoms with Crippen LogP contribution >= 0.6 is 0 Å². The molecule has 1 saturated carbocycles. The Kier molecular flexibility index (Phi) is 11.5. The van der Waals surface area contributed by atoms with Crippen LogP contribution in [0.25, 0.3) is 22.1 Å². The summed E-state index contributed by atoms with van der Waals surface area (Å²) >= 11 is 0. The van der Waals surface area contributed by atoms with Crippen molar-refractivity contribution in [3.63, 3.8) is 0 Å². The number of hydrogen-bond acceptors (Lipinski definition) is 8. The van der Waals surface area contributed by atoms with Crippen molar-refractivity contribution in [2.24, 2.45) is 11.8 Å². The van der Waals surface area contributed by atoms with Crippen LogP contribution in [0.5, 0.6) is 0 Å². The standard InChI is InChI=1S/C48H59N9O6/c1-26(2)41(53-47(60)61)45(58)55-22-6-8-39(55)43-49-33-18-14-30(24-35(33)51-43)37-20-21-38(57(37)32-16-12-29(13-17-32)28-10-11-28)31-15-19-34-36(25-31)52-44(50-34)40-9-7-23-56(40)46(59)42(27(3)4)54-48(62)63-5/h12-19,24-28,37-42,53H,6-11,20-23H2,1-5H3,(H,49,51)(H,50,52)(H,54,62)(H,60,61)/t37-,38?,39+,40+,41+,42+/m1/s1. The number of fused-ring (bicyclic) bond motifs is 2. The minimum absolute atomic E-state index is 0.0787. The number of aromatic nitrogens is 4. The van der Waals surface area contributed by atoms with Crippen molar-refractivity contribution < 1.29 is 29.0 Å². The molecule has 0 radical (unpaired) electrons. The van der Waals surface area contributed by atoms with E-state index in [4.69, 9.17) is 14.7 Å². The van der Waals surface area contributed by atoms with E-state index in [1.54, 1.807) is 4.90 Å². The van der Waals surface area contributed by atoms with Gasteiger partial charge in [-0.15, -0.1) is 0 Å². The lowest BCUT2D eigenvalue weighted by Crippen LogP contribution is -2.51. The molecule has 5 aromatic rings. The summed E-state index contributed by atoms with van der Waals surface area (Å²) in [7, 11) is 1.30. The van der Waals surface area contributed by atoms with Crippen LogP contribution in [0.1, 0.15) is 137 Å². The van der Waals surface area contributed by atoms with Gasteiger partial charge in [-0.25, -0.2) is 19.6 Å². The van der Waals surface area contributed by atoms with Gasteiger partial charge in [0.05, 0.1) is 53.3 Å². The van der Waals surface area contributed by atoms with Gasteiger partial charge >= 0.3 is 12.2 Å². The molecule has 0 spiro atoms. The second kappa shape index (κ2) is 17.2. The fraction of sp³-hybridized carbons (Fsp3) is 0.500. The van der Waals surface area contributed by atoms with Gasteiger partial charge in [-0.3, -0.25) is 9.59 Å². The molecule has 3 saturated heterocycles. The topological polar surface area (TPSA) is 189 Å². The predicted octanol–water partition coefficient (Wildman–Crippen LogP) is 8.40. The van der Waals surface area contributed by atoms with Crippen LogP contribution in [-0.4, -0.2) is 91.1 Å². The van der Waals surface area contributed by atoms with Crippen LogP contribution in [0.3, 0.4) is 0 Å². The average molecular weight is 858 g/mol. The zero-order valence-corrected chi connectivity index (χ0v) is 36.8. The van der Waals surface area contributed by atoms with Crippen LogP contribution in [0.2, 0.25) is 0 Å². The van der Waals surface area contributed by atoms with Gasteiger partial charge in [-0.2, -0.15) is 0 Å². The maximum absolute atomic E-state index is 13.9. The van der Waals surface area contributed by atoms with E-state index in [2.05, 4.69) is 86.2 Å². The number of H-pyrrole nitrogens is 2. The van der Waals surface area contributed by atoms with Crippen LogP contribution in [-0.2, 0) is 14.3 Å². The van der Waals surface area contributed by atoms with Gasteiger partial charge in [0, 0.05) is 18.8 Å². The number of imidazole rings is 2. The molecule has 1 aliphatic carbocycles. The van der Waals surface area contributed by atoms with Gasteiger partial charge in [0.2, 0.25) is 11.8 Å². The molecule has 15 nitrogen and oxygen atoms in total. The number of amides is 4. The molecule has 1 unspecified atom stereocenters. The molecule has 6 atom stereocenters. The van der Waals surface area contributed by atoms with Gasteiger partial charge in [0.15, 0.2) is 0 Å². The first-order valence-corrected chi connectivity index (χ1v) is 22.7. The number of nitrogens with zero attached hydrogens (tertiary/aromatic N) is 5. The molecule has 3 aliphatic heterocycles. The third-order valence-corrected chi connectivity index (χ3v) is 13.7. The fourth-order valence-electron chi connectivity index (χ4n) is 10.3. The van der Waals surface area contributed by atoms with E-state index in [9.17, 15) is 24.3 Å². The lowest BCUT2D eigenvalue weighted by molar-refractivity contribution is -0.136. The number of methoxy groups -OCH3 is 1. The Balaban J connectivity index is 0.998. The maximum Gasteiger partial charge on any atom is 0.407 e. The summed E-state index contributed by atoms with van der Waals surface area (Å²) in [6, 6.07) is 20.2. The second-order valence-electron chi connectivity index (χ2n) is 18.6. The van der Waals surface area contributed by atoms with Crippen molar-refractivity contribution in [2.75, 3.05) is 25.1 Å². The highest BCUT2D eigenvalue weighted by Gasteiger charge is 2.40. The SMILES string of the molecule is COC(=O)N[C@H](C(=O)N1CCC[C@H]1c1nc2ccc(C3CC[C@H](c4ccc5nc([C@@H]6CCCN6C(=O)[C@@H](NC(=O)O)C(C)C)[nH]c5c4)N3c3ccc(C4CC4)cc3)cc2[nH]1)C(C)C. The molecule has 4 amide bonds. The highest BCUT2D eigenvalue weighted by molar-refractivity contribution is 5.87. The Morgan fingerprint density at radius 2 is 1.13 bits per heavy atom. The van der Waals surface area contributed by atoms with Crippen LogP contribution in [0, 0.1) is 11.8 Å². The predicted molar refractivity (Wildman–Crippen MR) is 239 cm³/mol. The molecule has 9 rings (SSSR count). The number of benzene rings is 3. The van der Waals surface area contributed by atoms with Crippen molar-refractivity contribution in [1.82, 2.24) is 40.4 Å². The van der Waals surface area contributed by atoms with Gasteiger partial charge in [0.25, 0.3) is 0 Å². The highest BCUT2D eigenvalue weighted by atomic mass is 16.5. The normalized spacial score (nSPS) is 22.4. The summed E-state index contributed by atoms with van der Waals surface area (Å²) in [5.41, 5.74) is 8.41. The van der Waals surface area contributed by atoms with Gasteiger partial charge in [-0.05, 0) is 122 Å². The summed E-state index contributed by atoms with van der Waals surface area (Å²) in [4.78, 5) is 74.6. The molecule has 2 aromatic heterocycles. The van der Waals surface area contributed by atoms with E-state index < -0.39 is 24.3 Å². The van der Waals surface area contributed by atoms with Crippen molar-refractivity contribution in [2.45, 2.75) is 121 Å². The molecule has 4 fully saturated rings. The average Bonchev–Trinajstić information content (AvgIpc) is 3.81. The zero-order valence-electron chi connectivity index (χ0n) is 36.8. The third kappa shape index (κ3) is 8.29. The summed E-state index contributed by atoms with van der Waals surface area (Å²) in [5.74, 6) is 1.45. The van der Waals surface area contributed by atoms with Crippen molar-refractivity contribution >= 4 is 51.8 Å². The lowest BCUT2D eigenvalue weighted by Gasteiger charge is -2.33. The summed E-state index contributed by atoms with van der Waals surface area (Å²) in [6.45, 7) is 8.67. The lowest BCUT2D eigenvalue weighted by atomic mass is 10.0. The van der Waals surface area contributed by atoms with E-state index in [0.29, 0.717) is 19.0 Å². The minimum atomic E-state index is -1.21. The zero-order chi connectivity index (χ0) is 44.1. The Labute approximate surface area is 367 Å². The fourth-order valence-corrected chi connectivity index (χ4v) is 10.3. The van der Waals surface area contributed by atoms with Crippen LogP contribution in [0.15, 0.2) is 60.7 Å². The number of likely N-dealkylation sites (tertiary alicyclic amines) is 2. The van der Waals surface area contributed by atoms with Crippen molar-refractivity contribution in [3.8, 4) is 0 Å². The van der Waals surface area contributed by atoms with E-state index in [0.717, 1.165) is 77.9 Å². The molecular formula is C48H59N9O6. The highest BCUT2D eigenvalue weighted by Crippen LogP contribution is 2.49. The quantitative estimate of drug-likeness (QED) is 0.0821. The number of ether oxygens (including phenoxy) is 1. The third-order valence-electron chi connectivity index (χ3n) is 13.7. The first-order chi connectivity index (χ1) is 30.4. The number of nitrogens with one attached hydrogen (secondary N) is 4. The minimum Gasteiger partial charge on any atom is -0.465 e. The molecular weight excluding hydrogens is 799 g/mol.